The largest absolute Gasteiger partial charge is 0.493 e. The predicted octanol–water partition coefficient (Wildman–Crippen LogP) is 3.97. The molecule has 2 aromatic carbocycles. The van der Waals surface area contributed by atoms with E-state index in [9.17, 15) is 18.8 Å². The summed E-state index contributed by atoms with van der Waals surface area (Å²) in [6, 6.07) is 10.4. The highest BCUT2D eigenvalue weighted by molar-refractivity contribution is 6.09. The first-order chi connectivity index (χ1) is 17.3. The molecule has 1 N–H and O–H groups in total. The minimum Gasteiger partial charge on any atom is -0.493 e. The van der Waals surface area contributed by atoms with Gasteiger partial charge in [0.15, 0.2) is 11.5 Å². The molecule has 8 nitrogen and oxygen atoms in total. The predicted molar refractivity (Wildman–Crippen MR) is 131 cm³/mol. The Morgan fingerprint density at radius 2 is 1.72 bits per heavy atom. The van der Waals surface area contributed by atoms with Gasteiger partial charge in [-0.25, -0.2) is 9.18 Å². The van der Waals surface area contributed by atoms with Crippen LogP contribution >= 0.6 is 0 Å². The number of nitrogens with zero attached hydrogens (tertiary/aromatic N) is 2. The Labute approximate surface area is 210 Å². The highest BCUT2D eigenvalue weighted by Gasteiger charge is 2.50. The molecule has 1 unspecified atom stereocenters. The lowest BCUT2D eigenvalue weighted by Gasteiger charge is -2.35. The van der Waals surface area contributed by atoms with E-state index in [-0.39, 0.29) is 24.3 Å². The van der Waals surface area contributed by atoms with Crippen molar-refractivity contribution >= 4 is 17.8 Å². The molecule has 2 fully saturated rings. The maximum absolute atomic E-state index is 13.5. The number of rotatable bonds is 8. The molecule has 1 saturated heterocycles. The lowest BCUT2D eigenvalue weighted by atomic mass is 9.91. The first-order valence-corrected chi connectivity index (χ1v) is 12.2. The van der Waals surface area contributed by atoms with Crippen LogP contribution in [0.25, 0.3) is 0 Å². The Morgan fingerprint density at radius 3 is 2.36 bits per heavy atom. The summed E-state index contributed by atoms with van der Waals surface area (Å²) in [4.78, 5) is 42.6. The number of halogens is 1. The van der Waals surface area contributed by atoms with Gasteiger partial charge >= 0.3 is 6.03 Å². The van der Waals surface area contributed by atoms with E-state index in [0.29, 0.717) is 23.6 Å². The van der Waals surface area contributed by atoms with E-state index in [4.69, 9.17) is 9.47 Å². The standard InChI is InChI=1S/C27H32FN3O5/c1-27(19-11-14-22(35-2)23(15-19)36-3)25(33)31(26(34)29-27)17-24(32)30(21-7-5-4-6-8-21)16-18-9-12-20(28)13-10-18/h9-15,21H,4-8,16-17H2,1-3H3,(H,29,34). The van der Waals surface area contributed by atoms with Gasteiger partial charge in [-0.2, -0.15) is 0 Å². The zero-order chi connectivity index (χ0) is 25.9. The van der Waals surface area contributed by atoms with Gasteiger partial charge in [-0.3, -0.25) is 14.5 Å². The molecule has 1 heterocycles. The smallest absolute Gasteiger partial charge is 0.325 e. The van der Waals surface area contributed by atoms with Crippen molar-refractivity contribution in [3.63, 3.8) is 0 Å². The monoisotopic (exact) mass is 497 g/mol. The van der Waals surface area contributed by atoms with Gasteiger partial charge in [0, 0.05) is 12.6 Å². The third-order valence-electron chi connectivity index (χ3n) is 7.13. The van der Waals surface area contributed by atoms with E-state index in [1.807, 2.05) is 0 Å². The minimum atomic E-state index is -1.36. The molecule has 0 bridgehead atoms. The van der Waals surface area contributed by atoms with Gasteiger partial charge in [0.1, 0.15) is 17.9 Å². The average Bonchev–Trinajstić information content (AvgIpc) is 3.11. The van der Waals surface area contributed by atoms with Gasteiger partial charge in [-0.15, -0.1) is 0 Å². The lowest BCUT2D eigenvalue weighted by Crippen LogP contribution is -2.48. The second-order valence-electron chi connectivity index (χ2n) is 9.46. The molecule has 0 spiro atoms. The van der Waals surface area contributed by atoms with E-state index in [1.54, 1.807) is 42.2 Å². The summed E-state index contributed by atoms with van der Waals surface area (Å²) < 4.78 is 24.0. The summed E-state index contributed by atoms with van der Waals surface area (Å²) in [6.07, 6.45) is 4.86. The summed E-state index contributed by atoms with van der Waals surface area (Å²) in [5, 5.41) is 2.74. The Hall–Kier alpha value is -3.62. The molecule has 1 aliphatic heterocycles. The van der Waals surface area contributed by atoms with Crippen LogP contribution in [0.15, 0.2) is 42.5 Å². The molecule has 1 aliphatic carbocycles. The Kier molecular flexibility index (Phi) is 7.47. The number of amides is 4. The number of ether oxygens (including phenoxy) is 2. The number of methoxy groups -OCH3 is 2. The van der Waals surface area contributed by atoms with Crippen molar-refractivity contribution < 1.29 is 28.2 Å². The zero-order valence-corrected chi connectivity index (χ0v) is 20.9. The van der Waals surface area contributed by atoms with Crippen molar-refractivity contribution in [1.29, 1.82) is 0 Å². The molecular weight excluding hydrogens is 465 g/mol. The topological polar surface area (TPSA) is 88.2 Å². The summed E-state index contributed by atoms with van der Waals surface area (Å²) in [7, 11) is 3.00. The van der Waals surface area contributed by atoms with E-state index < -0.39 is 17.5 Å². The third-order valence-corrected chi connectivity index (χ3v) is 7.13. The van der Waals surface area contributed by atoms with Crippen molar-refractivity contribution in [3.05, 3.63) is 59.4 Å². The highest BCUT2D eigenvalue weighted by atomic mass is 19.1. The molecule has 1 saturated carbocycles. The van der Waals surface area contributed by atoms with Crippen LogP contribution in [0.3, 0.4) is 0 Å². The molecule has 0 radical (unpaired) electrons. The van der Waals surface area contributed by atoms with Crippen LogP contribution in [0.5, 0.6) is 11.5 Å². The van der Waals surface area contributed by atoms with Gasteiger partial charge in [0.05, 0.1) is 14.2 Å². The molecule has 4 amide bonds. The van der Waals surface area contributed by atoms with Crippen molar-refractivity contribution in [2.45, 2.75) is 57.2 Å². The maximum Gasteiger partial charge on any atom is 0.325 e. The number of hydrogen-bond donors (Lipinski definition) is 1. The van der Waals surface area contributed by atoms with Gasteiger partial charge < -0.3 is 19.7 Å². The Bertz CT molecular complexity index is 1130. The van der Waals surface area contributed by atoms with Crippen molar-refractivity contribution in [2.75, 3.05) is 20.8 Å². The van der Waals surface area contributed by atoms with Crippen LogP contribution in [-0.4, -0.2) is 54.5 Å². The fraction of sp³-hybridized carbons (Fsp3) is 0.444. The molecule has 192 valence electrons. The second-order valence-corrected chi connectivity index (χ2v) is 9.46. The van der Waals surface area contributed by atoms with Crippen molar-refractivity contribution in [3.8, 4) is 11.5 Å². The number of nitrogens with one attached hydrogen (secondary N) is 1. The van der Waals surface area contributed by atoms with E-state index in [2.05, 4.69) is 5.32 Å². The highest BCUT2D eigenvalue weighted by Crippen LogP contribution is 2.35. The van der Waals surface area contributed by atoms with Crippen LogP contribution in [0.4, 0.5) is 9.18 Å². The molecule has 9 heteroatoms. The van der Waals surface area contributed by atoms with E-state index >= 15 is 0 Å². The zero-order valence-electron chi connectivity index (χ0n) is 20.9. The first-order valence-electron chi connectivity index (χ1n) is 12.2. The minimum absolute atomic E-state index is 0.00861. The molecular formula is C27H32FN3O5. The normalized spacial score (nSPS) is 20.3. The van der Waals surface area contributed by atoms with Gasteiger partial charge in [-0.1, -0.05) is 37.5 Å². The quantitative estimate of drug-likeness (QED) is 0.558. The summed E-state index contributed by atoms with van der Waals surface area (Å²) in [6.45, 7) is 1.53. The fourth-order valence-corrected chi connectivity index (χ4v) is 5.01. The molecule has 2 aliphatic rings. The van der Waals surface area contributed by atoms with Gasteiger partial charge in [0.25, 0.3) is 5.91 Å². The number of hydrogen-bond acceptors (Lipinski definition) is 5. The number of benzene rings is 2. The van der Waals surface area contributed by atoms with Crippen LogP contribution in [-0.2, 0) is 21.7 Å². The second kappa shape index (κ2) is 10.6. The van der Waals surface area contributed by atoms with Crippen LogP contribution in [0, 0.1) is 5.82 Å². The Morgan fingerprint density at radius 1 is 1.06 bits per heavy atom. The number of carbonyl (C=O) groups is 3. The fourth-order valence-electron chi connectivity index (χ4n) is 5.01. The van der Waals surface area contributed by atoms with E-state index in [0.717, 1.165) is 42.6 Å². The Balaban J connectivity index is 1.55. The van der Waals surface area contributed by atoms with Crippen LogP contribution in [0.1, 0.15) is 50.2 Å². The van der Waals surface area contributed by atoms with Gasteiger partial charge in [-0.05, 0) is 55.2 Å². The van der Waals surface area contributed by atoms with Crippen molar-refractivity contribution in [2.24, 2.45) is 0 Å². The lowest BCUT2D eigenvalue weighted by molar-refractivity contribution is -0.141. The molecule has 36 heavy (non-hydrogen) atoms. The summed E-state index contributed by atoms with van der Waals surface area (Å²) in [5.41, 5.74) is -0.0459. The third kappa shape index (κ3) is 5.01. The first kappa shape index (κ1) is 25.5. The van der Waals surface area contributed by atoms with Crippen molar-refractivity contribution in [1.82, 2.24) is 15.1 Å². The van der Waals surface area contributed by atoms with Crippen LogP contribution < -0.4 is 14.8 Å². The molecule has 2 aromatic rings. The van der Waals surface area contributed by atoms with Gasteiger partial charge in [0.2, 0.25) is 5.91 Å². The molecule has 4 rings (SSSR count). The summed E-state index contributed by atoms with van der Waals surface area (Å²) in [5.74, 6) is -0.249. The summed E-state index contributed by atoms with van der Waals surface area (Å²) >= 11 is 0. The SMILES string of the molecule is COc1ccc(C2(C)NC(=O)N(CC(=O)N(Cc3ccc(F)cc3)C3CCCCC3)C2=O)cc1OC. The van der Waals surface area contributed by atoms with E-state index in [1.165, 1.54) is 26.4 Å². The molecule has 0 aromatic heterocycles. The number of carbonyl (C=O) groups excluding carboxylic acids is 3. The number of imide groups is 1. The average molecular weight is 498 g/mol. The maximum atomic E-state index is 13.5. The van der Waals surface area contributed by atoms with Crippen LogP contribution in [0.2, 0.25) is 0 Å². The number of urea groups is 1. The molecule has 1 atom stereocenters.